The highest BCUT2D eigenvalue weighted by atomic mass is 32.2. The van der Waals surface area contributed by atoms with Gasteiger partial charge in [-0.1, -0.05) is 54.6 Å². The normalized spacial score (nSPS) is 17.2. The molecular weight excluding hydrogens is 372 g/mol. The van der Waals surface area contributed by atoms with Crippen LogP contribution >= 0.6 is 0 Å². The number of piperidine rings is 1. The monoisotopic (exact) mass is 400 g/mol. The molecule has 3 rings (SSSR count). The van der Waals surface area contributed by atoms with Crippen LogP contribution in [-0.4, -0.2) is 37.5 Å². The van der Waals surface area contributed by atoms with E-state index in [0.29, 0.717) is 25.9 Å². The zero-order chi connectivity index (χ0) is 20.1. The van der Waals surface area contributed by atoms with Crippen molar-refractivity contribution in [3.63, 3.8) is 0 Å². The molecule has 1 N–H and O–H groups in total. The van der Waals surface area contributed by atoms with E-state index in [1.807, 2.05) is 61.5 Å². The summed E-state index contributed by atoms with van der Waals surface area (Å²) in [5, 5.41) is 3.22. The first-order valence-corrected chi connectivity index (χ1v) is 11.4. The summed E-state index contributed by atoms with van der Waals surface area (Å²) in [6.07, 6.45) is 1.11. The number of nitrogens with one attached hydrogen (secondary N) is 1. The minimum Gasteiger partial charge on any atom is -0.345 e. The van der Waals surface area contributed by atoms with Gasteiger partial charge in [0.15, 0.2) is 0 Å². The molecule has 2 aromatic rings. The van der Waals surface area contributed by atoms with E-state index in [1.54, 1.807) is 6.92 Å². The standard InChI is InChI=1S/C22H28N2O3S/c1-3-28(26,27)24-15-13-19(14-16-24)22(25)23-21(18-10-5-4-6-11-18)20-12-8-7-9-17(20)2/h4-12,19,21H,3,13-16H2,1-2H3,(H,23,25)/t21-/m0/s1. The highest BCUT2D eigenvalue weighted by molar-refractivity contribution is 7.89. The summed E-state index contributed by atoms with van der Waals surface area (Å²) in [6.45, 7) is 4.52. The molecule has 2 aromatic carbocycles. The van der Waals surface area contributed by atoms with E-state index < -0.39 is 10.0 Å². The maximum absolute atomic E-state index is 13.0. The second-order valence-electron chi connectivity index (χ2n) is 7.28. The van der Waals surface area contributed by atoms with Crippen LogP contribution in [0.5, 0.6) is 0 Å². The lowest BCUT2D eigenvalue weighted by Gasteiger charge is -2.31. The number of carbonyl (C=O) groups is 1. The largest absolute Gasteiger partial charge is 0.345 e. The van der Waals surface area contributed by atoms with Crippen LogP contribution in [0.4, 0.5) is 0 Å². The number of rotatable bonds is 6. The zero-order valence-electron chi connectivity index (χ0n) is 16.5. The lowest BCUT2D eigenvalue weighted by atomic mass is 9.92. The summed E-state index contributed by atoms with van der Waals surface area (Å²) in [5.41, 5.74) is 3.24. The zero-order valence-corrected chi connectivity index (χ0v) is 17.3. The molecule has 1 aliphatic heterocycles. The number of nitrogens with zero attached hydrogens (tertiary/aromatic N) is 1. The van der Waals surface area contributed by atoms with Crippen LogP contribution in [0, 0.1) is 12.8 Å². The van der Waals surface area contributed by atoms with Gasteiger partial charge in [-0.05, 0) is 43.4 Å². The summed E-state index contributed by atoms with van der Waals surface area (Å²) >= 11 is 0. The van der Waals surface area contributed by atoms with Crippen molar-refractivity contribution in [2.24, 2.45) is 5.92 Å². The summed E-state index contributed by atoms with van der Waals surface area (Å²) in [7, 11) is -3.18. The number of carbonyl (C=O) groups excluding carboxylic acids is 1. The number of hydrogen-bond acceptors (Lipinski definition) is 3. The van der Waals surface area contributed by atoms with E-state index in [4.69, 9.17) is 0 Å². The average Bonchev–Trinajstić information content (AvgIpc) is 2.73. The number of amides is 1. The van der Waals surface area contributed by atoms with Gasteiger partial charge in [0.25, 0.3) is 0 Å². The fourth-order valence-electron chi connectivity index (χ4n) is 3.74. The van der Waals surface area contributed by atoms with Crippen LogP contribution in [0.25, 0.3) is 0 Å². The van der Waals surface area contributed by atoms with Gasteiger partial charge in [-0.15, -0.1) is 0 Å². The first kappa shape index (κ1) is 20.6. The third kappa shape index (κ3) is 4.62. The van der Waals surface area contributed by atoms with Crippen molar-refractivity contribution in [2.75, 3.05) is 18.8 Å². The molecule has 28 heavy (non-hydrogen) atoms. The predicted molar refractivity (Wildman–Crippen MR) is 111 cm³/mol. The molecule has 0 bridgehead atoms. The van der Waals surface area contributed by atoms with Crippen molar-refractivity contribution in [3.05, 3.63) is 71.3 Å². The second kappa shape index (κ2) is 8.88. The van der Waals surface area contributed by atoms with Crippen LogP contribution in [0.3, 0.4) is 0 Å². The lowest BCUT2D eigenvalue weighted by molar-refractivity contribution is -0.126. The molecule has 1 atom stereocenters. The smallest absolute Gasteiger partial charge is 0.223 e. The van der Waals surface area contributed by atoms with Gasteiger partial charge in [-0.25, -0.2) is 12.7 Å². The molecule has 1 amide bonds. The topological polar surface area (TPSA) is 66.5 Å². The minimum absolute atomic E-state index is 0.00866. The Kier molecular flexibility index (Phi) is 6.52. The van der Waals surface area contributed by atoms with Gasteiger partial charge in [0.1, 0.15) is 0 Å². The Balaban J connectivity index is 1.75. The van der Waals surface area contributed by atoms with Crippen LogP contribution in [0.1, 0.15) is 42.5 Å². The fraction of sp³-hybridized carbons (Fsp3) is 0.409. The van der Waals surface area contributed by atoms with E-state index >= 15 is 0 Å². The first-order valence-electron chi connectivity index (χ1n) is 9.81. The number of benzene rings is 2. The van der Waals surface area contributed by atoms with Gasteiger partial charge < -0.3 is 5.32 Å². The first-order chi connectivity index (χ1) is 13.4. The maximum Gasteiger partial charge on any atom is 0.223 e. The Hall–Kier alpha value is -2.18. The van der Waals surface area contributed by atoms with E-state index in [0.717, 1.165) is 16.7 Å². The molecule has 0 saturated carbocycles. The van der Waals surface area contributed by atoms with Crippen molar-refractivity contribution >= 4 is 15.9 Å². The minimum atomic E-state index is -3.18. The predicted octanol–water partition coefficient (Wildman–Crippen LogP) is 3.26. The van der Waals surface area contributed by atoms with Crippen molar-refractivity contribution < 1.29 is 13.2 Å². The summed E-state index contributed by atoms with van der Waals surface area (Å²) in [5.74, 6) is -0.0723. The molecule has 1 heterocycles. The number of sulfonamides is 1. The molecular formula is C22H28N2O3S. The van der Waals surface area contributed by atoms with Gasteiger partial charge in [-0.2, -0.15) is 0 Å². The Morgan fingerprint density at radius 3 is 2.29 bits per heavy atom. The number of aryl methyl sites for hydroxylation is 1. The molecule has 1 fully saturated rings. The van der Waals surface area contributed by atoms with Crippen molar-refractivity contribution in [1.29, 1.82) is 0 Å². The van der Waals surface area contributed by atoms with Crippen LogP contribution < -0.4 is 5.32 Å². The second-order valence-corrected chi connectivity index (χ2v) is 9.54. The average molecular weight is 401 g/mol. The Morgan fingerprint density at radius 2 is 1.68 bits per heavy atom. The molecule has 1 saturated heterocycles. The Bertz CT molecular complexity index is 904. The highest BCUT2D eigenvalue weighted by Crippen LogP contribution is 2.27. The summed E-state index contributed by atoms with van der Waals surface area (Å²) < 4.78 is 25.6. The highest BCUT2D eigenvalue weighted by Gasteiger charge is 2.31. The van der Waals surface area contributed by atoms with Crippen LogP contribution in [0.2, 0.25) is 0 Å². The van der Waals surface area contributed by atoms with E-state index in [9.17, 15) is 13.2 Å². The van der Waals surface area contributed by atoms with E-state index in [2.05, 4.69) is 5.32 Å². The lowest BCUT2D eigenvalue weighted by Crippen LogP contribution is -2.44. The number of hydrogen-bond donors (Lipinski definition) is 1. The van der Waals surface area contributed by atoms with E-state index in [1.165, 1.54) is 4.31 Å². The Labute approximate surface area is 167 Å². The fourth-order valence-corrected chi connectivity index (χ4v) is 4.87. The van der Waals surface area contributed by atoms with Crippen molar-refractivity contribution in [2.45, 2.75) is 32.7 Å². The molecule has 6 heteroatoms. The third-order valence-corrected chi connectivity index (χ3v) is 7.38. The van der Waals surface area contributed by atoms with Crippen LogP contribution in [-0.2, 0) is 14.8 Å². The summed E-state index contributed by atoms with van der Waals surface area (Å²) in [6, 6.07) is 17.8. The maximum atomic E-state index is 13.0. The molecule has 5 nitrogen and oxygen atoms in total. The quantitative estimate of drug-likeness (QED) is 0.809. The molecule has 0 radical (unpaired) electrons. The van der Waals surface area contributed by atoms with Gasteiger partial charge in [0, 0.05) is 19.0 Å². The Morgan fingerprint density at radius 1 is 1.07 bits per heavy atom. The SMILES string of the molecule is CCS(=O)(=O)N1CCC(C(=O)N[C@@H](c2ccccc2)c2ccccc2C)CC1. The summed E-state index contributed by atoms with van der Waals surface area (Å²) in [4.78, 5) is 13.0. The van der Waals surface area contributed by atoms with Gasteiger partial charge in [-0.3, -0.25) is 4.79 Å². The van der Waals surface area contributed by atoms with Crippen LogP contribution in [0.15, 0.2) is 54.6 Å². The molecule has 0 aliphatic carbocycles. The van der Waals surface area contributed by atoms with Gasteiger partial charge in [0.05, 0.1) is 11.8 Å². The van der Waals surface area contributed by atoms with Crippen molar-refractivity contribution in [1.82, 2.24) is 9.62 Å². The third-order valence-electron chi connectivity index (χ3n) is 5.50. The molecule has 0 unspecified atom stereocenters. The molecule has 0 aromatic heterocycles. The van der Waals surface area contributed by atoms with Gasteiger partial charge >= 0.3 is 0 Å². The molecule has 1 aliphatic rings. The van der Waals surface area contributed by atoms with Crippen molar-refractivity contribution in [3.8, 4) is 0 Å². The molecule has 150 valence electrons. The molecule has 0 spiro atoms. The van der Waals surface area contributed by atoms with E-state index in [-0.39, 0.29) is 23.6 Å². The van der Waals surface area contributed by atoms with Gasteiger partial charge in [0.2, 0.25) is 15.9 Å².